The molecular weight excluding hydrogens is 336 g/mol. The second-order valence-corrected chi connectivity index (χ2v) is 6.49. The van der Waals surface area contributed by atoms with Crippen LogP contribution in [0.2, 0.25) is 5.02 Å². The van der Waals surface area contributed by atoms with Crippen LogP contribution in [0.5, 0.6) is 0 Å². The zero-order chi connectivity index (χ0) is 16.8. The third-order valence-electron chi connectivity index (χ3n) is 3.48. The second kappa shape index (κ2) is 8.26. The summed E-state index contributed by atoms with van der Waals surface area (Å²) in [5.74, 6) is 0.121. The Morgan fingerprint density at radius 3 is 2.87 bits per heavy atom. The van der Waals surface area contributed by atoms with E-state index in [1.54, 1.807) is 17.8 Å². The summed E-state index contributed by atoms with van der Waals surface area (Å²) in [5, 5.41) is 4.37. The van der Waals surface area contributed by atoms with E-state index in [9.17, 15) is 9.59 Å². The van der Waals surface area contributed by atoms with Crippen molar-refractivity contribution >= 4 is 46.1 Å². The van der Waals surface area contributed by atoms with Crippen molar-refractivity contribution in [1.82, 2.24) is 9.88 Å². The summed E-state index contributed by atoms with van der Waals surface area (Å²) in [6.07, 6.45) is 4.32. The van der Waals surface area contributed by atoms with Crippen LogP contribution in [0.3, 0.4) is 0 Å². The van der Waals surface area contributed by atoms with E-state index < -0.39 is 12.0 Å². The Kier molecular flexibility index (Phi) is 6.36. The molecule has 0 bridgehead atoms. The number of aromatic nitrogens is 1. The predicted molar refractivity (Wildman–Crippen MR) is 93.9 cm³/mol. The average Bonchev–Trinajstić information content (AvgIpc) is 2.92. The molecule has 5 nitrogen and oxygen atoms in total. The first kappa shape index (κ1) is 17.7. The fraction of sp³-hybridized carbons (Fsp3) is 0.375. The summed E-state index contributed by atoms with van der Waals surface area (Å²) in [6.45, 7) is 0.137. The number of esters is 1. The van der Waals surface area contributed by atoms with Gasteiger partial charge in [0.2, 0.25) is 5.91 Å². The van der Waals surface area contributed by atoms with E-state index in [0.717, 1.165) is 16.7 Å². The first-order valence-electron chi connectivity index (χ1n) is 7.15. The van der Waals surface area contributed by atoms with Gasteiger partial charge >= 0.3 is 5.97 Å². The summed E-state index contributed by atoms with van der Waals surface area (Å²) in [6, 6.07) is 6.79. The van der Waals surface area contributed by atoms with Gasteiger partial charge in [0, 0.05) is 22.1 Å². The number of thioether (sulfide) groups is 1. The molecular formula is C16H19ClN2O3S. The van der Waals surface area contributed by atoms with Crippen LogP contribution in [0.1, 0.15) is 6.42 Å². The Balaban J connectivity index is 2.05. The molecule has 1 N–H and O–H groups in total. The van der Waals surface area contributed by atoms with Crippen molar-refractivity contribution in [3.05, 3.63) is 35.5 Å². The topological polar surface area (TPSA) is 60.3 Å². The molecule has 1 amide bonds. The summed E-state index contributed by atoms with van der Waals surface area (Å²) < 4.78 is 6.57. The van der Waals surface area contributed by atoms with Gasteiger partial charge in [-0.15, -0.1) is 0 Å². The molecule has 0 unspecified atom stereocenters. The first-order valence-corrected chi connectivity index (χ1v) is 8.93. The minimum Gasteiger partial charge on any atom is -0.467 e. The molecule has 1 atom stereocenters. The normalized spacial score (nSPS) is 12.1. The van der Waals surface area contributed by atoms with Gasteiger partial charge in [0.1, 0.15) is 12.6 Å². The fourth-order valence-corrected chi connectivity index (χ4v) is 2.98. The molecule has 2 aromatic rings. The molecule has 0 fully saturated rings. The third-order valence-corrected chi connectivity index (χ3v) is 4.36. The number of ether oxygens (including phenoxy) is 1. The van der Waals surface area contributed by atoms with Crippen molar-refractivity contribution in [2.24, 2.45) is 0 Å². The quantitative estimate of drug-likeness (QED) is 0.777. The Morgan fingerprint density at radius 1 is 1.39 bits per heavy atom. The highest BCUT2D eigenvalue weighted by Gasteiger charge is 2.21. The molecule has 23 heavy (non-hydrogen) atoms. The minimum absolute atomic E-state index is 0.137. The van der Waals surface area contributed by atoms with Crippen LogP contribution in [0, 0.1) is 0 Å². The van der Waals surface area contributed by atoms with Crippen LogP contribution in [0.25, 0.3) is 10.9 Å². The standard InChI is InChI=1S/C16H19ClN2O3S/c1-22-16(21)13(6-8-23-2)18-15(20)10-19-7-5-11-9-12(17)3-4-14(11)19/h3-5,7,9,13H,6,8,10H2,1-2H3,(H,18,20)/t13-/m0/s1. The molecule has 7 heteroatoms. The number of nitrogens with one attached hydrogen (secondary N) is 1. The van der Waals surface area contributed by atoms with Gasteiger partial charge in [-0.05, 0) is 42.7 Å². The number of amides is 1. The number of rotatable bonds is 7. The zero-order valence-corrected chi connectivity index (χ0v) is 14.6. The molecule has 2 rings (SSSR count). The van der Waals surface area contributed by atoms with E-state index in [1.165, 1.54) is 7.11 Å². The lowest BCUT2D eigenvalue weighted by Crippen LogP contribution is -2.43. The van der Waals surface area contributed by atoms with E-state index in [1.807, 2.05) is 35.2 Å². The number of methoxy groups -OCH3 is 1. The van der Waals surface area contributed by atoms with Crippen molar-refractivity contribution in [2.75, 3.05) is 19.1 Å². The van der Waals surface area contributed by atoms with Gasteiger partial charge in [-0.3, -0.25) is 4.79 Å². The van der Waals surface area contributed by atoms with Crippen molar-refractivity contribution in [1.29, 1.82) is 0 Å². The lowest BCUT2D eigenvalue weighted by Gasteiger charge is -2.16. The number of fused-ring (bicyclic) bond motifs is 1. The highest BCUT2D eigenvalue weighted by molar-refractivity contribution is 7.98. The summed E-state index contributed by atoms with van der Waals surface area (Å²) in [7, 11) is 1.32. The van der Waals surface area contributed by atoms with Crippen LogP contribution in [0.4, 0.5) is 0 Å². The highest BCUT2D eigenvalue weighted by atomic mass is 35.5. The van der Waals surface area contributed by atoms with Gasteiger partial charge in [0.05, 0.1) is 7.11 Å². The number of carbonyl (C=O) groups excluding carboxylic acids is 2. The molecule has 0 aliphatic carbocycles. The number of nitrogens with zero attached hydrogens (tertiary/aromatic N) is 1. The Morgan fingerprint density at radius 2 is 2.17 bits per heavy atom. The molecule has 0 saturated heterocycles. The fourth-order valence-electron chi connectivity index (χ4n) is 2.33. The lowest BCUT2D eigenvalue weighted by atomic mass is 10.2. The SMILES string of the molecule is COC(=O)[C@H](CCSC)NC(=O)Cn1ccc2cc(Cl)ccc21. The number of carbonyl (C=O) groups is 2. The molecule has 1 aromatic carbocycles. The smallest absolute Gasteiger partial charge is 0.328 e. The van der Waals surface area contributed by atoms with Gasteiger partial charge in [0.25, 0.3) is 0 Å². The molecule has 0 spiro atoms. The number of halogens is 1. The third kappa shape index (κ3) is 4.65. The van der Waals surface area contributed by atoms with Crippen LogP contribution in [-0.4, -0.2) is 41.6 Å². The summed E-state index contributed by atoms with van der Waals surface area (Å²) >= 11 is 7.58. The summed E-state index contributed by atoms with van der Waals surface area (Å²) in [4.78, 5) is 24.0. The van der Waals surface area contributed by atoms with E-state index in [-0.39, 0.29) is 12.5 Å². The summed E-state index contributed by atoms with van der Waals surface area (Å²) in [5.41, 5.74) is 0.920. The maximum absolute atomic E-state index is 12.2. The minimum atomic E-state index is -0.615. The Bertz CT molecular complexity index is 702. The monoisotopic (exact) mass is 354 g/mol. The van der Waals surface area contributed by atoms with E-state index in [2.05, 4.69) is 5.32 Å². The van der Waals surface area contributed by atoms with Crippen molar-refractivity contribution < 1.29 is 14.3 Å². The molecule has 0 aliphatic heterocycles. The molecule has 1 heterocycles. The molecule has 0 saturated carbocycles. The van der Waals surface area contributed by atoms with Crippen molar-refractivity contribution in [2.45, 2.75) is 19.0 Å². The molecule has 0 radical (unpaired) electrons. The highest BCUT2D eigenvalue weighted by Crippen LogP contribution is 2.20. The second-order valence-electron chi connectivity index (χ2n) is 5.07. The first-order chi connectivity index (χ1) is 11.0. The van der Waals surface area contributed by atoms with Crippen LogP contribution < -0.4 is 5.32 Å². The molecule has 124 valence electrons. The number of benzene rings is 1. The number of hydrogen-bond donors (Lipinski definition) is 1. The van der Waals surface area contributed by atoms with Crippen LogP contribution in [0.15, 0.2) is 30.5 Å². The maximum Gasteiger partial charge on any atom is 0.328 e. The van der Waals surface area contributed by atoms with Crippen LogP contribution in [-0.2, 0) is 20.9 Å². The largest absolute Gasteiger partial charge is 0.467 e. The molecule has 1 aromatic heterocycles. The van der Waals surface area contributed by atoms with Gasteiger partial charge in [-0.1, -0.05) is 11.6 Å². The predicted octanol–water partition coefficient (Wildman–Crippen LogP) is 2.71. The van der Waals surface area contributed by atoms with E-state index >= 15 is 0 Å². The van der Waals surface area contributed by atoms with E-state index in [0.29, 0.717) is 11.4 Å². The Hall–Kier alpha value is -1.66. The van der Waals surface area contributed by atoms with E-state index in [4.69, 9.17) is 16.3 Å². The van der Waals surface area contributed by atoms with Crippen molar-refractivity contribution in [3.63, 3.8) is 0 Å². The van der Waals surface area contributed by atoms with Gasteiger partial charge in [-0.2, -0.15) is 11.8 Å². The lowest BCUT2D eigenvalue weighted by molar-refractivity contribution is -0.145. The average molecular weight is 355 g/mol. The van der Waals surface area contributed by atoms with Crippen LogP contribution >= 0.6 is 23.4 Å². The number of hydrogen-bond acceptors (Lipinski definition) is 4. The van der Waals surface area contributed by atoms with Gasteiger partial charge in [0.15, 0.2) is 0 Å². The Labute approximate surface area is 144 Å². The molecule has 0 aliphatic rings. The van der Waals surface area contributed by atoms with Gasteiger partial charge < -0.3 is 14.6 Å². The maximum atomic E-state index is 12.2. The zero-order valence-electron chi connectivity index (χ0n) is 13.0. The van der Waals surface area contributed by atoms with Crippen molar-refractivity contribution in [3.8, 4) is 0 Å². The van der Waals surface area contributed by atoms with Gasteiger partial charge in [-0.25, -0.2) is 4.79 Å².